The quantitative estimate of drug-likeness (QED) is 0.524. The van der Waals surface area contributed by atoms with Crippen LogP contribution in [0.15, 0.2) is 18.2 Å². The monoisotopic (exact) mass is 165 g/mol. The van der Waals surface area contributed by atoms with Crippen LogP contribution in [0.5, 0.6) is 0 Å². The minimum atomic E-state index is 0.301. The number of aryl methyl sites for hydroxylation is 1. The third-order valence-electron chi connectivity index (χ3n) is 1.69. The van der Waals surface area contributed by atoms with Gasteiger partial charge in [0.25, 0.3) is 0 Å². The number of carbonyl (C=O) groups is 1. The zero-order chi connectivity index (χ0) is 8.97. The number of aldehydes is 1. The molecule has 0 aromatic heterocycles. The van der Waals surface area contributed by atoms with Gasteiger partial charge in [0.05, 0.1) is 0 Å². The van der Waals surface area contributed by atoms with Gasteiger partial charge in [-0.25, -0.2) is 5.48 Å². The predicted molar refractivity (Wildman–Crippen MR) is 45.2 cm³/mol. The van der Waals surface area contributed by atoms with Crippen LogP contribution in [0, 0.1) is 6.92 Å². The zero-order valence-electron chi connectivity index (χ0n) is 6.87. The molecule has 3 nitrogen and oxygen atoms in total. The molecule has 0 unspecified atom stereocenters. The Kier molecular flexibility index (Phi) is 2.96. The van der Waals surface area contributed by atoms with Crippen LogP contribution in [0.1, 0.15) is 21.5 Å². The van der Waals surface area contributed by atoms with Crippen LogP contribution in [0.25, 0.3) is 0 Å². The third-order valence-corrected chi connectivity index (χ3v) is 1.69. The Morgan fingerprint density at radius 2 is 2.33 bits per heavy atom. The summed E-state index contributed by atoms with van der Waals surface area (Å²) in [4.78, 5) is 10.5. The number of hydroxylamine groups is 1. The number of benzene rings is 1. The van der Waals surface area contributed by atoms with Crippen LogP contribution >= 0.6 is 0 Å². The summed E-state index contributed by atoms with van der Waals surface area (Å²) in [6.07, 6.45) is 0.784. The minimum Gasteiger partial charge on any atom is -0.316 e. The molecule has 0 heterocycles. The molecule has 0 saturated carbocycles. The molecule has 64 valence electrons. The van der Waals surface area contributed by atoms with Crippen molar-refractivity contribution in [3.8, 4) is 0 Å². The fourth-order valence-corrected chi connectivity index (χ4v) is 1.09. The van der Waals surface area contributed by atoms with Crippen molar-refractivity contribution in [1.29, 1.82) is 0 Å². The summed E-state index contributed by atoms with van der Waals surface area (Å²) in [5, 5.41) is 8.46. The lowest BCUT2D eigenvalue weighted by Crippen LogP contribution is -2.08. The van der Waals surface area contributed by atoms with Gasteiger partial charge in [0.15, 0.2) is 0 Å². The molecule has 0 spiro atoms. The van der Waals surface area contributed by atoms with Crippen molar-refractivity contribution in [3.63, 3.8) is 0 Å². The maximum atomic E-state index is 10.5. The highest BCUT2D eigenvalue weighted by Crippen LogP contribution is 2.09. The molecule has 0 aliphatic carbocycles. The molecule has 12 heavy (non-hydrogen) atoms. The van der Waals surface area contributed by atoms with Gasteiger partial charge in [-0.15, -0.1) is 0 Å². The molecule has 3 heteroatoms. The number of carbonyl (C=O) groups excluding carboxylic acids is 1. The lowest BCUT2D eigenvalue weighted by molar-refractivity contribution is 0.112. The molecule has 1 rings (SSSR count). The number of nitrogens with one attached hydrogen (secondary N) is 1. The number of rotatable bonds is 3. The second kappa shape index (κ2) is 3.99. The van der Waals surface area contributed by atoms with Gasteiger partial charge in [0.2, 0.25) is 0 Å². The van der Waals surface area contributed by atoms with Crippen molar-refractivity contribution >= 4 is 6.29 Å². The summed E-state index contributed by atoms with van der Waals surface area (Å²) < 4.78 is 0. The average molecular weight is 165 g/mol. The second-order valence-electron chi connectivity index (χ2n) is 2.66. The van der Waals surface area contributed by atoms with Crippen molar-refractivity contribution < 1.29 is 10.0 Å². The number of hydrogen-bond donors (Lipinski definition) is 2. The predicted octanol–water partition coefficient (Wildman–Crippen LogP) is 1.29. The molecule has 0 amide bonds. The first kappa shape index (κ1) is 8.90. The van der Waals surface area contributed by atoms with Gasteiger partial charge in [-0.1, -0.05) is 23.8 Å². The van der Waals surface area contributed by atoms with E-state index in [-0.39, 0.29) is 0 Å². The molecular weight excluding hydrogens is 154 g/mol. The van der Waals surface area contributed by atoms with E-state index in [4.69, 9.17) is 5.21 Å². The molecule has 0 aliphatic heterocycles. The Bertz CT molecular complexity index is 284. The van der Waals surface area contributed by atoms with E-state index in [0.717, 1.165) is 17.4 Å². The van der Waals surface area contributed by atoms with Crippen LogP contribution in [-0.2, 0) is 6.54 Å². The van der Waals surface area contributed by atoms with E-state index >= 15 is 0 Å². The first-order chi connectivity index (χ1) is 5.77. The maximum absolute atomic E-state index is 10.5. The van der Waals surface area contributed by atoms with Crippen LogP contribution in [-0.4, -0.2) is 11.5 Å². The summed E-state index contributed by atoms with van der Waals surface area (Å²) in [5.74, 6) is 0. The van der Waals surface area contributed by atoms with Gasteiger partial charge in [-0.05, 0) is 12.5 Å². The molecule has 0 aliphatic rings. The van der Waals surface area contributed by atoms with Crippen LogP contribution in [0.4, 0.5) is 0 Å². The molecular formula is C9H11NO2. The normalized spacial score (nSPS) is 9.83. The highest BCUT2D eigenvalue weighted by atomic mass is 16.5. The first-order valence-corrected chi connectivity index (χ1v) is 3.69. The van der Waals surface area contributed by atoms with E-state index in [1.165, 1.54) is 0 Å². The van der Waals surface area contributed by atoms with E-state index in [1.54, 1.807) is 6.07 Å². The van der Waals surface area contributed by atoms with Gasteiger partial charge in [0, 0.05) is 12.1 Å². The van der Waals surface area contributed by atoms with Gasteiger partial charge >= 0.3 is 0 Å². The van der Waals surface area contributed by atoms with Crippen molar-refractivity contribution in [2.24, 2.45) is 0 Å². The van der Waals surface area contributed by atoms with Gasteiger partial charge in [0.1, 0.15) is 6.29 Å². The fourth-order valence-electron chi connectivity index (χ4n) is 1.09. The van der Waals surface area contributed by atoms with Gasteiger partial charge in [-0.2, -0.15) is 0 Å². The summed E-state index contributed by atoms with van der Waals surface area (Å²) in [5.41, 5.74) is 4.53. The van der Waals surface area contributed by atoms with E-state index < -0.39 is 0 Å². The van der Waals surface area contributed by atoms with E-state index in [9.17, 15) is 4.79 Å². The second-order valence-corrected chi connectivity index (χ2v) is 2.66. The maximum Gasteiger partial charge on any atom is 0.150 e. The van der Waals surface area contributed by atoms with Crippen molar-refractivity contribution in [2.45, 2.75) is 13.5 Å². The molecule has 1 aromatic carbocycles. The van der Waals surface area contributed by atoms with E-state index in [0.29, 0.717) is 12.1 Å². The smallest absolute Gasteiger partial charge is 0.150 e. The largest absolute Gasteiger partial charge is 0.316 e. The van der Waals surface area contributed by atoms with Crippen LogP contribution in [0.2, 0.25) is 0 Å². The molecule has 0 atom stereocenters. The Hall–Kier alpha value is -1.19. The fraction of sp³-hybridized carbons (Fsp3) is 0.222. The average Bonchev–Trinajstić information content (AvgIpc) is 2.05. The third kappa shape index (κ3) is 1.90. The van der Waals surface area contributed by atoms with Gasteiger partial charge in [-0.3, -0.25) is 4.79 Å². The molecule has 0 radical (unpaired) electrons. The van der Waals surface area contributed by atoms with Crippen LogP contribution < -0.4 is 5.48 Å². The van der Waals surface area contributed by atoms with E-state index in [1.807, 2.05) is 24.5 Å². The van der Waals surface area contributed by atoms with Crippen LogP contribution in [0.3, 0.4) is 0 Å². The summed E-state index contributed by atoms with van der Waals surface area (Å²) >= 11 is 0. The topological polar surface area (TPSA) is 49.3 Å². The highest BCUT2D eigenvalue weighted by molar-refractivity contribution is 5.77. The molecule has 2 N–H and O–H groups in total. The minimum absolute atomic E-state index is 0.301. The van der Waals surface area contributed by atoms with Crippen molar-refractivity contribution in [3.05, 3.63) is 34.9 Å². The lowest BCUT2D eigenvalue weighted by atomic mass is 10.1. The highest BCUT2D eigenvalue weighted by Gasteiger charge is 1.99. The molecule has 0 bridgehead atoms. The molecule has 1 aromatic rings. The SMILES string of the molecule is Cc1ccc(C=O)c(CNO)c1. The van der Waals surface area contributed by atoms with E-state index in [2.05, 4.69) is 0 Å². The summed E-state index contributed by atoms with van der Waals surface area (Å²) in [6.45, 7) is 2.24. The Balaban J connectivity index is 3.03. The first-order valence-electron chi connectivity index (χ1n) is 3.69. The lowest BCUT2D eigenvalue weighted by Gasteiger charge is -2.03. The molecule has 0 saturated heterocycles. The summed E-state index contributed by atoms with van der Waals surface area (Å²) in [6, 6.07) is 5.48. The Morgan fingerprint density at radius 1 is 1.58 bits per heavy atom. The summed E-state index contributed by atoms with van der Waals surface area (Å²) in [7, 11) is 0. The number of hydrogen-bond acceptors (Lipinski definition) is 3. The Labute approximate surface area is 71.0 Å². The van der Waals surface area contributed by atoms with Crippen molar-refractivity contribution in [2.75, 3.05) is 0 Å². The molecule has 0 fully saturated rings. The Morgan fingerprint density at radius 3 is 2.92 bits per heavy atom. The van der Waals surface area contributed by atoms with Gasteiger partial charge < -0.3 is 5.21 Å². The van der Waals surface area contributed by atoms with Crippen molar-refractivity contribution in [1.82, 2.24) is 5.48 Å². The zero-order valence-corrected chi connectivity index (χ0v) is 6.87. The standard InChI is InChI=1S/C9H11NO2/c1-7-2-3-8(6-11)9(4-7)5-10-12/h2-4,6,10,12H,5H2,1H3.